The molecule has 2 heterocycles. The van der Waals surface area contributed by atoms with Crippen LogP contribution in [0.5, 0.6) is 5.75 Å². The molecule has 11 nitrogen and oxygen atoms in total. The molecule has 0 bridgehead atoms. The zero-order valence-corrected chi connectivity index (χ0v) is 30.0. The lowest BCUT2D eigenvalue weighted by atomic mass is 9.93. The Kier molecular flexibility index (Phi) is 12.3. The molecule has 0 spiro atoms. The van der Waals surface area contributed by atoms with E-state index in [0.29, 0.717) is 59.5 Å². The number of hydrogen-bond donors (Lipinski definition) is 3. The van der Waals surface area contributed by atoms with E-state index in [0.717, 1.165) is 48.8 Å². The van der Waals surface area contributed by atoms with Crippen LogP contribution >= 0.6 is 11.9 Å². The number of rotatable bonds is 14. The summed E-state index contributed by atoms with van der Waals surface area (Å²) in [4.78, 5) is 46.1. The number of nitrogens with two attached hydrogens (primary N) is 1. The van der Waals surface area contributed by atoms with Gasteiger partial charge in [-0.05, 0) is 91.7 Å². The number of anilines is 1. The second kappa shape index (κ2) is 16.8. The van der Waals surface area contributed by atoms with Gasteiger partial charge in [0.2, 0.25) is 0 Å². The average molecular weight is 699 g/mol. The maximum atomic E-state index is 14.6. The van der Waals surface area contributed by atoms with Crippen molar-refractivity contribution in [1.82, 2.24) is 19.6 Å². The smallest absolute Gasteiger partial charge is 0.274 e. The number of aryl methyl sites for hydroxylation is 1. The lowest BCUT2D eigenvalue weighted by molar-refractivity contribution is 0.0544. The number of nitrogens with zero attached hydrogens (tertiary/aromatic N) is 4. The van der Waals surface area contributed by atoms with Crippen LogP contribution in [0.3, 0.4) is 0 Å². The highest BCUT2D eigenvalue weighted by Crippen LogP contribution is 2.30. The molecule has 1 aliphatic heterocycles. The molecule has 5 rings (SSSR count). The number of unbranched alkanes of at least 4 members (excludes halogenated alkanes) is 2. The van der Waals surface area contributed by atoms with Crippen LogP contribution in [0, 0.1) is 6.92 Å². The summed E-state index contributed by atoms with van der Waals surface area (Å²) < 4.78 is 7.04. The summed E-state index contributed by atoms with van der Waals surface area (Å²) in [5.74, 6) is -0.543. The third-order valence-electron chi connectivity index (χ3n) is 9.05. The number of amides is 3. The first-order valence-corrected chi connectivity index (χ1v) is 18.0. The number of methoxy groups -OCH3 is 1. The highest BCUT2D eigenvalue weighted by molar-refractivity contribution is 7.97. The molecule has 50 heavy (non-hydrogen) atoms. The maximum Gasteiger partial charge on any atom is 0.274 e. The predicted molar refractivity (Wildman–Crippen MR) is 196 cm³/mol. The van der Waals surface area contributed by atoms with Gasteiger partial charge in [-0.15, -0.1) is 0 Å². The van der Waals surface area contributed by atoms with Crippen LogP contribution in [-0.4, -0.2) is 75.3 Å². The Bertz CT molecular complexity index is 1830. The number of benzene rings is 3. The Morgan fingerprint density at radius 3 is 2.38 bits per heavy atom. The molecule has 3 aromatic carbocycles. The Balaban J connectivity index is 1.56. The van der Waals surface area contributed by atoms with Gasteiger partial charge in [-0.25, -0.2) is 4.68 Å². The molecule has 4 N–H and O–H groups in total. The molecule has 1 unspecified atom stereocenters. The van der Waals surface area contributed by atoms with E-state index in [1.807, 2.05) is 36.1 Å². The molecular weight excluding hydrogens is 653 g/mol. The highest BCUT2D eigenvalue weighted by Gasteiger charge is 2.32. The van der Waals surface area contributed by atoms with Gasteiger partial charge in [-0.3, -0.25) is 19.5 Å². The molecule has 0 radical (unpaired) electrons. The van der Waals surface area contributed by atoms with Crippen molar-refractivity contribution in [2.24, 2.45) is 5.14 Å². The molecule has 4 aromatic rings. The Hall–Kier alpha value is -4.65. The minimum atomic E-state index is -0.453. The van der Waals surface area contributed by atoms with E-state index in [1.165, 1.54) is 7.11 Å². The van der Waals surface area contributed by atoms with Crippen LogP contribution in [0.2, 0.25) is 0 Å². The third-order valence-corrected chi connectivity index (χ3v) is 9.57. The molecule has 3 amide bonds. The standard InChI is InChI=1S/C38H46N6O5S/c1-5-7-17-42(18-8-6-2)38(48)33-19-25(3)44(41-33)34-15-13-28(40-36(46)32-22-30(50-39)14-16-35(32)49-4)21-31(34)37(47)43-23-27-12-10-9-11-26(27)20-29(43)24-45/h9-16,19,21-22,29,45H,5-8,17-18,20,23-24,39H2,1-4H3,(H,40,46). The van der Waals surface area contributed by atoms with Crippen LogP contribution in [0.4, 0.5) is 5.69 Å². The van der Waals surface area contributed by atoms with Gasteiger partial charge in [0, 0.05) is 35.9 Å². The van der Waals surface area contributed by atoms with Crippen LogP contribution in [-0.2, 0) is 13.0 Å². The maximum absolute atomic E-state index is 14.6. The van der Waals surface area contributed by atoms with Crippen LogP contribution < -0.4 is 15.2 Å². The van der Waals surface area contributed by atoms with E-state index in [-0.39, 0.29) is 29.5 Å². The number of aromatic nitrogens is 2. The first kappa shape index (κ1) is 36.6. The van der Waals surface area contributed by atoms with Crippen molar-refractivity contribution < 1.29 is 24.2 Å². The largest absolute Gasteiger partial charge is 0.496 e. The summed E-state index contributed by atoms with van der Waals surface area (Å²) in [7, 11) is 1.49. The quantitative estimate of drug-likeness (QED) is 0.136. The number of hydrogen-bond acceptors (Lipinski definition) is 8. The molecule has 0 saturated heterocycles. The van der Waals surface area contributed by atoms with Gasteiger partial charge in [0.05, 0.1) is 36.6 Å². The van der Waals surface area contributed by atoms with Gasteiger partial charge in [0.25, 0.3) is 17.7 Å². The molecule has 1 atom stereocenters. The first-order chi connectivity index (χ1) is 24.2. The van der Waals surface area contributed by atoms with Crippen molar-refractivity contribution in [3.05, 3.63) is 100 Å². The lowest BCUT2D eigenvalue weighted by Crippen LogP contribution is -2.46. The minimum Gasteiger partial charge on any atom is -0.496 e. The second-order valence-corrected chi connectivity index (χ2v) is 13.2. The minimum absolute atomic E-state index is 0.148. The van der Waals surface area contributed by atoms with E-state index in [4.69, 9.17) is 15.0 Å². The number of nitrogens with one attached hydrogen (secondary N) is 1. The fraction of sp³-hybridized carbons (Fsp3) is 0.368. The van der Waals surface area contributed by atoms with Gasteiger partial charge in [-0.2, -0.15) is 5.10 Å². The number of ether oxygens (including phenoxy) is 1. The molecule has 0 saturated carbocycles. The summed E-state index contributed by atoms with van der Waals surface area (Å²) in [6.45, 7) is 7.43. The van der Waals surface area contributed by atoms with Gasteiger partial charge < -0.3 is 25.0 Å². The topological polar surface area (TPSA) is 143 Å². The van der Waals surface area contributed by atoms with Crippen molar-refractivity contribution in [3.63, 3.8) is 0 Å². The molecule has 264 valence electrons. The van der Waals surface area contributed by atoms with Crippen LogP contribution in [0.25, 0.3) is 5.69 Å². The summed E-state index contributed by atoms with van der Waals surface area (Å²) in [5.41, 5.74) is 4.44. The van der Waals surface area contributed by atoms with Crippen molar-refractivity contribution in [3.8, 4) is 11.4 Å². The number of fused-ring (bicyclic) bond motifs is 1. The zero-order valence-electron chi connectivity index (χ0n) is 29.1. The van der Waals surface area contributed by atoms with Crippen LogP contribution in [0.15, 0.2) is 71.6 Å². The first-order valence-electron chi connectivity index (χ1n) is 17.1. The normalized spacial score (nSPS) is 13.9. The third kappa shape index (κ3) is 8.04. The van der Waals surface area contributed by atoms with Crippen LogP contribution in [0.1, 0.15) is 87.6 Å². The van der Waals surface area contributed by atoms with Crippen molar-refractivity contribution >= 4 is 35.4 Å². The Morgan fingerprint density at radius 1 is 1.00 bits per heavy atom. The SMILES string of the molecule is CCCCN(CCCC)C(=O)c1cc(C)n(-c2ccc(NC(=O)c3cc(SN)ccc3OC)cc2C(=O)N2Cc3ccccc3CC2CO)n1. The fourth-order valence-corrected chi connectivity index (χ4v) is 6.58. The average Bonchev–Trinajstić information content (AvgIpc) is 3.54. The Labute approximate surface area is 297 Å². The van der Waals surface area contributed by atoms with Gasteiger partial charge >= 0.3 is 0 Å². The summed E-state index contributed by atoms with van der Waals surface area (Å²) in [6, 6.07) is 19.3. The number of aliphatic hydroxyl groups excluding tert-OH is 1. The fourth-order valence-electron chi connectivity index (χ4n) is 6.25. The second-order valence-electron chi connectivity index (χ2n) is 12.5. The van der Waals surface area contributed by atoms with E-state index < -0.39 is 11.9 Å². The van der Waals surface area contributed by atoms with E-state index >= 15 is 0 Å². The number of aliphatic hydroxyl groups is 1. The van der Waals surface area contributed by atoms with Gasteiger partial charge in [0.1, 0.15) is 5.75 Å². The van der Waals surface area contributed by atoms with E-state index in [2.05, 4.69) is 19.2 Å². The lowest BCUT2D eigenvalue weighted by Gasteiger charge is -2.36. The monoisotopic (exact) mass is 698 g/mol. The van der Waals surface area contributed by atoms with Crippen molar-refractivity contribution in [2.75, 3.05) is 32.1 Å². The Morgan fingerprint density at radius 2 is 1.72 bits per heavy atom. The molecular formula is C38H46N6O5S. The summed E-state index contributed by atoms with van der Waals surface area (Å²) >= 11 is 1.02. The highest BCUT2D eigenvalue weighted by atomic mass is 32.2. The predicted octanol–water partition coefficient (Wildman–Crippen LogP) is 6.01. The summed E-state index contributed by atoms with van der Waals surface area (Å²) in [5, 5.41) is 23.8. The molecule has 12 heteroatoms. The zero-order chi connectivity index (χ0) is 35.8. The number of carbonyl (C=O) groups excluding carboxylic acids is 3. The van der Waals surface area contributed by atoms with Crippen molar-refractivity contribution in [2.45, 2.75) is 70.4 Å². The summed E-state index contributed by atoms with van der Waals surface area (Å²) in [6.07, 6.45) is 4.24. The van der Waals surface area contributed by atoms with E-state index in [9.17, 15) is 19.5 Å². The van der Waals surface area contributed by atoms with E-state index in [1.54, 1.807) is 52.0 Å². The molecule has 0 aliphatic carbocycles. The van der Waals surface area contributed by atoms with Gasteiger partial charge in [0.15, 0.2) is 5.69 Å². The molecule has 1 aliphatic rings. The molecule has 0 fully saturated rings. The number of carbonyl (C=O) groups is 3. The van der Waals surface area contributed by atoms with Gasteiger partial charge in [-0.1, -0.05) is 51.0 Å². The van der Waals surface area contributed by atoms with Crippen molar-refractivity contribution in [1.29, 1.82) is 0 Å². The molecule has 1 aromatic heterocycles.